The van der Waals surface area contributed by atoms with Crippen LogP contribution in [0.1, 0.15) is 15.6 Å². The molecule has 0 aliphatic rings. The third-order valence-corrected chi connectivity index (χ3v) is 2.42. The molecule has 0 aromatic carbocycles. The zero-order valence-electron chi connectivity index (χ0n) is 7.17. The molecular formula is C8H8FNO2S. The molecule has 0 spiro atoms. The summed E-state index contributed by atoms with van der Waals surface area (Å²) in [7, 11) is 0. The number of rotatable bonds is 2. The normalized spacial score (nSPS) is 11.8. The van der Waals surface area contributed by atoms with Gasteiger partial charge in [-0.1, -0.05) is 0 Å². The Labute approximate surface area is 78.5 Å². The fourth-order valence-electron chi connectivity index (χ4n) is 0.858. The van der Waals surface area contributed by atoms with Gasteiger partial charge in [0, 0.05) is 6.08 Å². The van der Waals surface area contributed by atoms with Crippen LogP contribution in [0.5, 0.6) is 0 Å². The molecule has 0 radical (unpaired) electrons. The Balaban J connectivity index is 3.03. The highest BCUT2D eigenvalue weighted by molar-refractivity contribution is 7.12. The monoisotopic (exact) mass is 201 g/mol. The van der Waals surface area contributed by atoms with Crippen molar-refractivity contribution in [2.45, 2.75) is 13.8 Å². The second kappa shape index (κ2) is 3.66. The number of aliphatic carboxylic acids is 1. The Hall–Kier alpha value is -1.23. The number of aromatic nitrogens is 1. The highest BCUT2D eigenvalue weighted by Crippen LogP contribution is 2.20. The third-order valence-electron chi connectivity index (χ3n) is 1.40. The number of carboxylic acid groups (broad SMARTS) is 1. The molecule has 0 saturated carbocycles. The first-order valence-electron chi connectivity index (χ1n) is 3.55. The number of nitrogens with zero attached hydrogens (tertiary/aromatic N) is 1. The molecule has 13 heavy (non-hydrogen) atoms. The van der Waals surface area contributed by atoms with Crippen LogP contribution < -0.4 is 0 Å². The second-order valence-corrected chi connectivity index (χ2v) is 3.71. The molecule has 0 saturated heterocycles. The van der Waals surface area contributed by atoms with E-state index in [-0.39, 0.29) is 0 Å². The summed E-state index contributed by atoms with van der Waals surface area (Å²) in [5, 5.41) is 9.08. The number of hydrogen-bond acceptors (Lipinski definition) is 3. The molecule has 0 amide bonds. The Bertz CT molecular complexity index is 370. The Morgan fingerprint density at radius 2 is 2.23 bits per heavy atom. The summed E-state index contributed by atoms with van der Waals surface area (Å²) in [4.78, 5) is 14.8. The summed E-state index contributed by atoms with van der Waals surface area (Å²) in [5.41, 5.74) is 0.652. The van der Waals surface area contributed by atoms with E-state index in [1.165, 1.54) is 11.3 Å². The maximum Gasteiger partial charge on any atom is 0.364 e. The number of aryl methyl sites for hydroxylation is 2. The van der Waals surface area contributed by atoms with E-state index in [4.69, 9.17) is 5.11 Å². The zero-order valence-corrected chi connectivity index (χ0v) is 7.98. The van der Waals surface area contributed by atoms with Crippen LogP contribution in [0.25, 0.3) is 6.08 Å². The van der Waals surface area contributed by atoms with E-state index in [9.17, 15) is 9.18 Å². The van der Waals surface area contributed by atoms with Gasteiger partial charge < -0.3 is 5.11 Å². The van der Waals surface area contributed by atoms with Crippen molar-refractivity contribution in [1.82, 2.24) is 4.98 Å². The van der Waals surface area contributed by atoms with Gasteiger partial charge in [-0.15, -0.1) is 11.3 Å². The molecule has 0 fully saturated rings. The van der Waals surface area contributed by atoms with Crippen LogP contribution in [0.15, 0.2) is 5.83 Å². The zero-order chi connectivity index (χ0) is 10.0. The molecule has 1 N–H and O–H groups in total. The summed E-state index contributed by atoms with van der Waals surface area (Å²) in [6.07, 6.45) is 0.988. The molecule has 3 nitrogen and oxygen atoms in total. The predicted molar refractivity (Wildman–Crippen MR) is 48.3 cm³/mol. The lowest BCUT2D eigenvalue weighted by Crippen LogP contribution is -1.93. The lowest BCUT2D eigenvalue weighted by Gasteiger charge is -1.88. The Kier molecular flexibility index (Phi) is 2.77. The van der Waals surface area contributed by atoms with Crippen molar-refractivity contribution in [3.63, 3.8) is 0 Å². The summed E-state index contributed by atoms with van der Waals surface area (Å²) >= 11 is 1.27. The first kappa shape index (κ1) is 9.85. The standard InChI is InChI=1S/C8H8FNO2S/c1-4-7(13-5(2)10-4)3-6(9)8(11)12/h3H,1-2H3,(H,11,12)/b6-3+. The SMILES string of the molecule is Cc1nc(C)c(/C=C(/F)C(=O)O)s1. The highest BCUT2D eigenvalue weighted by Gasteiger charge is 2.08. The van der Waals surface area contributed by atoms with E-state index in [2.05, 4.69) is 4.98 Å². The molecule has 1 heterocycles. The van der Waals surface area contributed by atoms with Gasteiger partial charge in [0.25, 0.3) is 0 Å². The molecule has 1 aromatic heterocycles. The quantitative estimate of drug-likeness (QED) is 0.746. The number of thiazole rings is 1. The molecule has 0 unspecified atom stereocenters. The third kappa shape index (κ3) is 2.35. The number of carboxylic acids is 1. The molecule has 0 atom stereocenters. The van der Waals surface area contributed by atoms with Crippen LogP contribution in [-0.2, 0) is 4.79 Å². The minimum absolute atomic E-state index is 0.553. The molecule has 1 aromatic rings. The molecule has 0 bridgehead atoms. The van der Waals surface area contributed by atoms with E-state index >= 15 is 0 Å². The van der Waals surface area contributed by atoms with E-state index in [1.54, 1.807) is 13.8 Å². The maximum absolute atomic E-state index is 12.6. The minimum atomic E-state index is -1.55. The van der Waals surface area contributed by atoms with E-state index < -0.39 is 11.8 Å². The van der Waals surface area contributed by atoms with Gasteiger partial charge in [-0.05, 0) is 13.8 Å². The first-order valence-corrected chi connectivity index (χ1v) is 4.37. The van der Waals surface area contributed by atoms with Crippen molar-refractivity contribution in [2.75, 3.05) is 0 Å². The van der Waals surface area contributed by atoms with Crippen molar-refractivity contribution in [3.05, 3.63) is 21.4 Å². The molecule has 70 valence electrons. The molecule has 1 rings (SSSR count). The van der Waals surface area contributed by atoms with Gasteiger partial charge in [-0.25, -0.2) is 9.78 Å². The molecule has 0 aliphatic carbocycles. The highest BCUT2D eigenvalue weighted by atomic mass is 32.1. The van der Waals surface area contributed by atoms with Crippen LogP contribution >= 0.6 is 11.3 Å². The Morgan fingerprint density at radius 1 is 1.62 bits per heavy atom. The number of hydrogen-bond donors (Lipinski definition) is 1. The summed E-state index contributed by atoms with van der Waals surface area (Å²) in [5.74, 6) is -2.71. The van der Waals surface area contributed by atoms with Gasteiger partial charge in [-0.3, -0.25) is 0 Å². The summed E-state index contributed by atoms with van der Waals surface area (Å²) in [6, 6.07) is 0. The van der Waals surface area contributed by atoms with Gasteiger partial charge in [0.1, 0.15) is 0 Å². The van der Waals surface area contributed by atoms with Gasteiger partial charge in [0.15, 0.2) is 0 Å². The van der Waals surface area contributed by atoms with Crippen molar-refractivity contribution < 1.29 is 14.3 Å². The smallest absolute Gasteiger partial charge is 0.364 e. The molecular weight excluding hydrogens is 193 g/mol. The van der Waals surface area contributed by atoms with E-state index in [0.717, 1.165) is 11.1 Å². The van der Waals surface area contributed by atoms with Crippen molar-refractivity contribution in [1.29, 1.82) is 0 Å². The average molecular weight is 201 g/mol. The lowest BCUT2D eigenvalue weighted by molar-refractivity contribution is -0.134. The second-order valence-electron chi connectivity index (χ2n) is 2.48. The Morgan fingerprint density at radius 3 is 2.62 bits per heavy atom. The van der Waals surface area contributed by atoms with E-state index in [0.29, 0.717) is 10.6 Å². The van der Waals surface area contributed by atoms with Gasteiger partial charge in [0.05, 0.1) is 15.6 Å². The topological polar surface area (TPSA) is 50.2 Å². The lowest BCUT2D eigenvalue weighted by atomic mass is 10.3. The average Bonchev–Trinajstić information content (AvgIpc) is 2.30. The van der Waals surface area contributed by atoms with Crippen molar-refractivity contribution >= 4 is 23.4 Å². The van der Waals surface area contributed by atoms with Crippen LogP contribution in [0, 0.1) is 13.8 Å². The first-order chi connectivity index (χ1) is 6.00. The number of carbonyl (C=O) groups is 1. The minimum Gasteiger partial charge on any atom is -0.476 e. The van der Waals surface area contributed by atoms with Gasteiger partial charge >= 0.3 is 5.97 Å². The van der Waals surface area contributed by atoms with Crippen LogP contribution in [0.3, 0.4) is 0 Å². The van der Waals surface area contributed by atoms with Crippen molar-refractivity contribution in [2.24, 2.45) is 0 Å². The fraction of sp³-hybridized carbons (Fsp3) is 0.250. The molecule has 0 aliphatic heterocycles. The maximum atomic E-state index is 12.6. The van der Waals surface area contributed by atoms with Crippen LogP contribution in [0.4, 0.5) is 4.39 Å². The fourth-order valence-corrected chi connectivity index (χ4v) is 1.71. The van der Waals surface area contributed by atoms with E-state index in [1.807, 2.05) is 0 Å². The van der Waals surface area contributed by atoms with Crippen LogP contribution in [-0.4, -0.2) is 16.1 Å². The molecule has 5 heteroatoms. The number of halogens is 1. The largest absolute Gasteiger partial charge is 0.476 e. The van der Waals surface area contributed by atoms with Gasteiger partial charge in [0.2, 0.25) is 5.83 Å². The van der Waals surface area contributed by atoms with Gasteiger partial charge in [-0.2, -0.15) is 4.39 Å². The predicted octanol–water partition coefficient (Wildman–Crippen LogP) is 2.15. The van der Waals surface area contributed by atoms with Crippen LogP contribution in [0.2, 0.25) is 0 Å². The van der Waals surface area contributed by atoms with Crippen molar-refractivity contribution in [3.8, 4) is 0 Å². The summed E-state index contributed by atoms with van der Waals surface area (Å²) < 4.78 is 12.6. The summed E-state index contributed by atoms with van der Waals surface area (Å²) in [6.45, 7) is 3.50.